The second-order valence-electron chi connectivity index (χ2n) is 7.69. The third-order valence-corrected chi connectivity index (χ3v) is 7.18. The molecule has 1 aromatic heterocycles. The molecule has 0 saturated heterocycles. The number of allylic oxidation sites excluding steroid dienone is 2. The highest BCUT2D eigenvalue weighted by atomic mass is 32.2. The molecule has 1 amide bonds. The Labute approximate surface area is 191 Å². The third-order valence-electron chi connectivity index (χ3n) is 4.72. The number of hydrogen-bond donors (Lipinski definition) is 1. The van der Waals surface area contributed by atoms with Crippen LogP contribution in [0.25, 0.3) is 0 Å². The van der Waals surface area contributed by atoms with Crippen molar-refractivity contribution < 1.29 is 13.2 Å². The molecule has 0 atom stereocenters. The number of amides is 1. The summed E-state index contributed by atoms with van der Waals surface area (Å²) in [6.45, 7) is 3.57. The molecule has 1 N–H and O–H groups in total. The number of anilines is 1. The highest BCUT2D eigenvalue weighted by Crippen LogP contribution is 2.21. The van der Waals surface area contributed by atoms with Gasteiger partial charge in [-0.1, -0.05) is 81.8 Å². The van der Waals surface area contributed by atoms with Gasteiger partial charge in [0.1, 0.15) is 0 Å². The average molecular weight is 471 g/mol. The van der Waals surface area contributed by atoms with Gasteiger partial charge in [-0.05, 0) is 38.5 Å². The molecular formula is C22H38N4O3S2. The van der Waals surface area contributed by atoms with Gasteiger partial charge in [0.05, 0.1) is 0 Å². The Bertz CT molecular complexity index is 773. The number of carbonyl (C=O) groups is 1. The minimum atomic E-state index is -3.84. The predicted molar refractivity (Wildman–Crippen MR) is 129 cm³/mol. The van der Waals surface area contributed by atoms with Gasteiger partial charge < -0.3 is 5.32 Å². The number of rotatable bonds is 18. The number of sulfonamides is 1. The van der Waals surface area contributed by atoms with Crippen LogP contribution in [0.1, 0.15) is 104 Å². The molecular weight excluding hydrogens is 432 g/mol. The van der Waals surface area contributed by atoms with E-state index < -0.39 is 10.0 Å². The first-order valence-corrected chi connectivity index (χ1v) is 13.8. The molecule has 0 fully saturated rings. The quantitative estimate of drug-likeness (QED) is 0.117. The molecule has 7 nitrogen and oxygen atoms in total. The van der Waals surface area contributed by atoms with Crippen LogP contribution in [0.5, 0.6) is 0 Å². The van der Waals surface area contributed by atoms with Crippen LogP contribution in [-0.2, 0) is 14.8 Å². The second-order valence-corrected chi connectivity index (χ2v) is 10.5. The lowest BCUT2D eigenvalue weighted by Crippen LogP contribution is -2.04. The SMILES string of the molecule is CCCCCCCC/C=C/CCCCCCCC=NS(=O)(=O)c1nnc(NC(C)=O)s1. The van der Waals surface area contributed by atoms with Crippen LogP contribution in [-0.4, -0.2) is 30.7 Å². The van der Waals surface area contributed by atoms with Gasteiger partial charge in [-0.25, -0.2) is 0 Å². The van der Waals surface area contributed by atoms with E-state index in [0.717, 1.165) is 37.0 Å². The maximum atomic E-state index is 12.1. The van der Waals surface area contributed by atoms with Crippen molar-refractivity contribution in [3.8, 4) is 0 Å². The Balaban J connectivity index is 2.03. The van der Waals surface area contributed by atoms with Crippen molar-refractivity contribution >= 4 is 38.6 Å². The lowest BCUT2D eigenvalue weighted by atomic mass is 10.1. The van der Waals surface area contributed by atoms with Crippen LogP contribution in [0.2, 0.25) is 0 Å². The normalized spacial score (nSPS) is 12.2. The van der Waals surface area contributed by atoms with Gasteiger partial charge in [0.15, 0.2) is 0 Å². The Morgan fingerprint density at radius 2 is 1.45 bits per heavy atom. The zero-order valence-electron chi connectivity index (χ0n) is 19.0. The Hall–Kier alpha value is -1.61. The van der Waals surface area contributed by atoms with Crippen LogP contribution in [0.4, 0.5) is 5.13 Å². The molecule has 0 aliphatic heterocycles. The van der Waals surface area contributed by atoms with E-state index in [1.165, 1.54) is 70.9 Å². The number of nitrogens with zero attached hydrogens (tertiary/aromatic N) is 3. The Morgan fingerprint density at radius 3 is 2.03 bits per heavy atom. The summed E-state index contributed by atoms with van der Waals surface area (Å²) in [5, 5.41) is 9.77. The molecule has 0 aliphatic rings. The van der Waals surface area contributed by atoms with Crippen LogP contribution in [0.15, 0.2) is 20.9 Å². The number of carbonyl (C=O) groups excluding carboxylic acids is 1. The number of unbranched alkanes of at least 4 members (excludes halogenated alkanes) is 12. The van der Waals surface area contributed by atoms with Crippen molar-refractivity contribution in [2.75, 3.05) is 5.32 Å². The first-order chi connectivity index (χ1) is 15.0. The molecule has 0 aliphatic carbocycles. The molecule has 1 aromatic rings. The van der Waals surface area contributed by atoms with Crippen molar-refractivity contribution in [3.05, 3.63) is 12.2 Å². The first-order valence-electron chi connectivity index (χ1n) is 11.5. The molecule has 0 unspecified atom stereocenters. The zero-order chi connectivity index (χ0) is 22.8. The summed E-state index contributed by atoms with van der Waals surface area (Å²) in [5.74, 6) is -0.326. The van der Waals surface area contributed by atoms with Crippen LogP contribution in [0, 0.1) is 0 Å². The summed E-state index contributed by atoms with van der Waals surface area (Å²) in [7, 11) is -3.84. The first kappa shape index (κ1) is 27.4. The summed E-state index contributed by atoms with van der Waals surface area (Å²) >= 11 is 0.796. The highest BCUT2D eigenvalue weighted by molar-refractivity contribution is 7.92. The lowest BCUT2D eigenvalue weighted by molar-refractivity contribution is -0.114. The molecule has 0 saturated carbocycles. The van der Waals surface area contributed by atoms with Gasteiger partial charge in [-0.15, -0.1) is 10.2 Å². The van der Waals surface area contributed by atoms with Crippen molar-refractivity contribution in [1.29, 1.82) is 0 Å². The smallest absolute Gasteiger partial charge is 0.301 e. The number of hydrogen-bond acceptors (Lipinski definition) is 6. The Kier molecular flexibility index (Phi) is 15.0. The van der Waals surface area contributed by atoms with Crippen LogP contribution < -0.4 is 5.32 Å². The molecule has 1 rings (SSSR count). The summed E-state index contributed by atoms with van der Waals surface area (Å²) in [6.07, 6.45) is 22.7. The van der Waals surface area contributed by atoms with Gasteiger partial charge in [0.2, 0.25) is 11.0 Å². The monoisotopic (exact) mass is 470 g/mol. The van der Waals surface area contributed by atoms with Crippen molar-refractivity contribution in [1.82, 2.24) is 10.2 Å². The van der Waals surface area contributed by atoms with E-state index in [1.54, 1.807) is 0 Å². The molecule has 0 spiro atoms. The van der Waals surface area contributed by atoms with E-state index in [9.17, 15) is 13.2 Å². The molecule has 9 heteroatoms. The van der Waals surface area contributed by atoms with Gasteiger partial charge >= 0.3 is 10.0 Å². The summed E-state index contributed by atoms with van der Waals surface area (Å²) in [6, 6.07) is 0. The van der Waals surface area contributed by atoms with Gasteiger partial charge in [-0.3, -0.25) is 4.79 Å². The van der Waals surface area contributed by atoms with E-state index in [1.807, 2.05) is 0 Å². The highest BCUT2D eigenvalue weighted by Gasteiger charge is 2.18. The second kappa shape index (κ2) is 17.0. The van der Waals surface area contributed by atoms with Crippen molar-refractivity contribution in [3.63, 3.8) is 0 Å². The molecule has 176 valence electrons. The van der Waals surface area contributed by atoms with Crippen molar-refractivity contribution in [2.24, 2.45) is 4.40 Å². The van der Waals surface area contributed by atoms with E-state index in [4.69, 9.17) is 0 Å². The third kappa shape index (κ3) is 14.1. The van der Waals surface area contributed by atoms with Gasteiger partial charge in [0.25, 0.3) is 4.34 Å². The Morgan fingerprint density at radius 1 is 0.903 bits per heavy atom. The van der Waals surface area contributed by atoms with Crippen LogP contribution >= 0.6 is 11.3 Å². The molecule has 31 heavy (non-hydrogen) atoms. The lowest BCUT2D eigenvalue weighted by Gasteiger charge is -1.99. The van der Waals surface area contributed by atoms with Crippen molar-refractivity contribution in [2.45, 2.75) is 108 Å². The topological polar surface area (TPSA) is 101 Å². The van der Waals surface area contributed by atoms with Gasteiger partial charge in [0, 0.05) is 13.1 Å². The maximum Gasteiger partial charge on any atom is 0.311 e. The van der Waals surface area contributed by atoms with E-state index >= 15 is 0 Å². The molecule has 0 bridgehead atoms. The van der Waals surface area contributed by atoms with E-state index in [0.29, 0.717) is 6.42 Å². The largest absolute Gasteiger partial charge is 0.311 e. The molecule has 0 aromatic carbocycles. The zero-order valence-corrected chi connectivity index (χ0v) is 20.6. The standard InChI is InChI=1S/C22H38N4O3S2/c1-3-4-5-6-7-8-9-10-11-12-13-14-15-16-17-18-19-23-31(28,29)22-26-25-21(30-22)24-20(2)27/h10-11,19H,3-9,12-18H2,1-2H3,(H,24,25,27)/b11-10+,23-19?. The van der Waals surface area contributed by atoms with Gasteiger partial charge in [-0.2, -0.15) is 12.8 Å². The predicted octanol–water partition coefficient (Wildman–Crippen LogP) is 6.29. The van der Waals surface area contributed by atoms with Crippen LogP contribution in [0.3, 0.4) is 0 Å². The summed E-state index contributed by atoms with van der Waals surface area (Å²) < 4.78 is 27.6. The summed E-state index contributed by atoms with van der Waals surface area (Å²) in [5.41, 5.74) is 0. The van der Waals surface area contributed by atoms with E-state index in [-0.39, 0.29) is 15.4 Å². The number of aromatic nitrogens is 2. The maximum absolute atomic E-state index is 12.1. The fourth-order valence-electron chi connectivity index (χ4n) is 3.02. The number of nitrogens with one attached hydrogen (secondary N) is 1. The summed E-state index contributed by atoms with van der Waals surface area (Å²) in [4.78, 5) is 11.0. The molecule has 0 radical (unpaired) electrons. The molecule has 1 heterocycles. The minimum absolute atomic E-state index is 0.151. The average Bonchev–Trinajstić information content (AvgIpc) is 3.19. The fraction of sp³-hybridized carbons (Fsp3) is 0.727. The van der Waals surface area contributed by atoms with E-state index in [2.05, 4.69) is 39.0 Å². The fourth-order valence-corrected chi connectivity index (χ4v) is 4.86. The minimum Gasteiger partial charge on any atom is -0.301 e.